The Labute approximate surface area is 145 Å². The van der Waals surface area contributed by atoms with Gasteiger partial charge in [-0.1, -0.05) is 24.3 Å². The van der Waals surface area contributed by atoms with Gasteiger partial charge in [-0.15, -0.1) is 0 Å². The van der Waals surface area contributed by atoms with Crippen molar-refractivity contribution in [3.8, 4) is 0 Å². The molecule has 1 fully saturated rings. The van der Waals surface area contributed by atoms with Crippen LogP contribution in [-0.2, 0) is 26.4 Å². The fraction of sp³-hybridized carbons (Fsp3) is 0.550. The van der Waals surface area contributed by atoms with E-state index in [0.29, 0.717) is 12.1 Å². The van der Waals surface area contributed by atoms with Crippen LogP contribution in [0.4, 0.5) is 0 Å². The van der Waals surface area contributed by atoms with E-state index >= 15 is 0 Å². The lowest BCUT2D eigenvalue weighted by Crippen LogP contribution is -2.50. The summed E-state index contributed by atoms with van der Waals surface area (Å²) in [5, 5.41) is 0. The predicted octanol–water partition coefficient (Wildman–Crippen LogP) is 2.48. The zero-order valence-corrected chi connectivity index (χ0v) is 14.9. The van der Waals surface area contributed by atoms with Crippen LogP contribution >= 0.6 is 0 Å². The summed E-state index contributed by atoms with van der Waals surface area (Å²) in [6.45, 7) is 3.39. The summed E-state index contributed by atoms with van der Waals surface area (Å²) in [7, 11) is 4.34. The number of piperidine rings is 1. The number of hydrogen-bond donors (Lipinski definition) is 0. The molecule has 1 aromatic carbocycles. The smallest absolute Gasteiger partial charge is 0.122 e. The number of imidazole rings is 1. The average molecular weight is 324 g/mol. The van der Waals surface area contributed by atoms with Crippen LogP contribution in [0.2, 0.25) is 0 Å². The third-order valence-electron chi connectivity index (χ3n) is 5.91. The van der Waals surface area contributed by atoms with Crippen LogP contribution in [0.5, 0.6) is 0 Å². The molecule has 0 spiro atoms. The van der Waals surface area contributed by atoms with Crippen LogP contribution in [-0.4, -0.2) is 51.6 Å². The number of likely N-dealkylation sites (N-methyl/N-ethyl adjacent to an activating group) is 1. The number of benzene rings is 1. The highest BCUT2D eigenvalue weighted by molar-refractivity contribution is 5.33. The third kappa shape index (κ3) is 3.13. The van der Waals surface area contributed by atoms with Crippen LogP contribution in [0.1, 0.15) is 29.8 Å². The van der Waals surface area contributed by atoms with Crippen LogP contribution in [0, 0.1) is 0 Å². The summed E-state index contributed by atoms with van der Waals surface area (Å²) in [6.07, 6.45) is 9.00. The second-order valence-electron chi connectivity index (χ2n) is 7.49. The molecule has 2 aliphatic rings. The molecule has 0 bridgehead atoms. The van der Waals surface area contributed by atoms with Crippen LogP contribution in [0.15, 0.2) is 36.7 Å². The Kier molecular flexibility index (Phi) is 4.42. The van der Waals surface area contributed by atoms with E-state index in [1.54, 1.807) is 11.1 Å². The van der Waals surface area contributed by atoms with Gasteiger partial charge in [0.25, 0.3) is 0 Å². The van der Waals surface area contributed by atoms with Gasteiger partial charge in [0.15, 0.2) is 0 Å². The first kappa shape index (κ1) is 15.9. The number of nitrogens with zero attached hydrogens (tertiary/aromatic N) is 4. The fourth-order valence-electron chi connectivity index (χ4n) is 4.37. The molecule has 0 amide bonds. The van der Waals surface area contributed by atoms with E-state index in [4.69, 9.17) is 0 Å². The van der Waals surface area contributed by atoms with E-state index in [-0.39, 0.29) is 0 Å². The zero-order chi connectivity index (χ0) is 16.5. The number of aromatic nitrogens is 2. The fourth-order valence-corrected chi connectivity index (χ4v) is 4.37. The Morgan fingerprint density at radius 3 is 2.62 bits per heavy atom. The van der Waals surface area contributed by atoms with Crippen molar-refractivity contribution in [1.82, 2.24) is 19.4 Å². The minimum atomic E-state index is 0.638. The van der Waals surface area contributed by atoms with Gasteiger partial charge in [-0.05, 0) is 50.4 Å². The summed E-state index contributed by atoms with van der Waals surface area (Å²) in [5.41, 5.74) is 3.12. The van der Waals surface area contributed by atoms with E-state index in [0.717, 1.165) is 12.4 Å². The van der Waals surface area contributed by atoms with Gasteiger partial charge in [-0.3, -0.25) is 9.80 Å². The van der Waals surface area contributed by atoms with E-state index < -0.39 is 0 Å². The highest BCUT2D eigenvalue weighted by atomic mass is 15.2. The highest BCUT2D eigenvalue weighted by Crippen LogP contribution is 2.28. The third-order valence-corrected chi connectivity index (χ3v) is 5.91. The van der Waals surface area contributed by atoms with Crippen molar-refractivity contribution in [2.75, 3.05) is 20.1 Å². The minimum Gasteiger partial charge on any atom is -0.337 e. The normalized spacial score (nSPS) is 22.2. The van der Waals surface area contributed by atoms with Gasteiger partial charge in [0, 0.05) is 38.1 Å². The van der Waals surface area contributed by atoms with Crippen molar-refractivity contribution in [2.24, 2.45) is 7.05 Å². The van der Waals surface area contributed by atoms with Crippen molar-refractivity contribution in [1.29, 1.82) is 0 Å². The van der Waals surface area contributed by atoms with E-state index in [2.05, 4.69) is 57.7 Å². The van der Waals surface area contributed by atoms with E-state index in [1.165, 1.54) is 38.8 Å². The lowest BCUT2D eigenvalue weighted by Gasteiger charge is -2.40. The number of rotatable bonds is 4. The summed E-state index contributed by atoms with van der Waals surface area (Å²) < 4.78 is 2.13. The van der Waals surface area contributed by atoms with E-state index in [1.807, 2.05) is 12.4 Å². The SMILES string of the molecule is CN(Cc1nccn1C)[C@@H]1CCCN(C2Cc3ccccc3C2)C1. The Bertz CT molecular complexity index is 667. The Balaban J connectivity index is 1.38. The minimum absolute atomic E-state index is 0.638. The first-order valence-corrected chi connectivity index (χ1v) is 9.18. The molecule has 128 valence electrons. The lowest BCUT2D eigenvalue weighted by atomic mass is 10.0. The quantitative estimate of drug-likeness (QED) is 0.863. The lowest BCUT2D eigenvalue weighted by molar-refractivity contribution is 0.0819. The molecule has 2 heterocycles. The molecule has 4 nitrogen and oxygen atoms in total. The Hall–Kier alpha value is -1.65. The van der Waals surface area contributed by atoms with Crippen molar-refractivity contribution < 1.29 is 0 Å². The monoisotopic (exact) mass is 324 g/mol. The summed E-state index contributed by atoms with van der Waals surface area (Å²) in [4.78, 5) is 9.72. The van der Waals surface area contributed by atoms with Crippen LogP contribution < -0.4 is 0 Å². The molecule has 0 saturated carbocycles. The van der Waals surface area contributed by atoms with Crippen molar-refractivity contribution in [3.63, 3.8) is 0 Å². The Morgan fingerprint density at radius 2 is 1.96 bits per heavy atom. The van der Waals surface area contributed by atoms with Gasteiger partial charge in [-0.2, -0.15) is 0 Å². The maximum absolute atomic E-state index is 4.48. The summed E-state index contributed by atoms with van der Waals surface area (Å²) in [6, 6.07) is 10.3. The van der Waals surface area contributed by atoms with Gasteiger partial charge >= 0.3 is 0 Å². The van der Waals surface area contributed by atoms with Crippen LogP contribution in [0.25, 0.3) is 0 Å². The molecule has 1 aliphatic heterocycles. The van der Waals surface area contributed by atoms with Gasteiger partial charge in [0.2, 0.25) is 0 Å². The average Bonchev–Trinajstić information content (AvgIpc) is 3.21. The first-order chi connectivity index (χ1) is 11.7. The van der Waals surface area contributed by atoms with Gasteiger partial charge < -0.3 is 4.57 Å². The molecule has 1 atom stereocenters. The summed E-state index contributed by atoms with van der Waals surface area (Å²) in [5.74, 6) is 1.16. The molecular formula is C20H28N4. The molecule has 4 heteroatoms. The molecule has 4 rings (SSSR count). The topological polar surface area (TPSA) is 24.3 Å². The molecule has 1 saturated heterocycles. The second kappa shape index (κ2) is 6.69. The number of likely N-dealkylation sites (tertiary alicyclic amines) is 1. The molecule has 0 unspecified atom stereocenters. The second-order valence-corrected chi connectivity index (χ2v) is 7.49. The summed E-state index contributed by atoms with van der Waals surface area (Å²) >= 11 is 0. The maximum atomic E-state index is 4.48. The largest absolute Gasteiger partial charge is 0.337 e. The first-order valence-electron chi connectivity index (χ1n) is 9.18. The zero-order valence-electron chi connectivity index (χ0n) is 14.9. The molecule has 0 N–H and O–H groups in total. The molecular weight excluding hydrogens is 296 g/mol. The van der Waals surface area contributed by atoms with Gasteiger partial charge in [0.1, 0.15) is 5.82 Å². The van der Waals surface area contributed by atoms with Crippen molar-refractivity contribution in [2.45, 2.75) is 44.3 Å². The van der Waals surface area contributed by atoms with Crippen LogP contribution in [0.3, 0.4) is 0 Å². The van der Waals surface area contributed by atoms with Gasteiger partial charge in [-0.25, -0.2) is 4.98 Å². The highest BCUT2D eigenvalue weighted by Gasteiger charge is 2.31. The van der Waals surface area contributed by atoms with E-state index in [9.17, 15) is 0 Å². The molecule has 1 aliphatic carbocycles. The standard InChI is InChI=1S/C20H28N4/c1-22-11-9-21-20(22)15-23(2)18-8-5-10-24(14-18)19-12-16-6-3-4-7-17(16)13-19/h3-4,6-7,9,11,18-19H,5,8,10,12-15H2,1-2H3/t18-/m1/s1. The number of hydrogen-bond acceptors (Lipinski definition) is 3. The Morgan fingerprint density at radius 1 is 1.21 bits per heavy atom. The molecule has 24 heavy (non-hydrogen) atoms. The maximum Gasteiger partial charge on any atom is 0.122 e. The molecule has 0 radical (unpaired) electrons. The molecule has 1 aromatic heterocycles. The van der Waals surface area contributed by atoms with Crippen molar-refractivity contribution >= 4 is 0 Å². The molecule has 2 aromatic rings. The van der Waals surface area contributed by atoms with Gasteiger partial charge in [0.05, 0.1) is 6.54 Å². The predicted molar refractivity (Wildman–Crippen MR) is 96.9 cm³/mol. The number of aryl methyl sites for hydroxylation is 1. The van der Waals surface area contributed by atoms with Crippen molar-refractivity contribution in [3.05, 3.63) is 53.6 Å². The number of fused-ring (bicyclic) bond motifs is 1.